The van der Waals surface area contributed by atoms with Crippen LogP contribution in [0, 0.1) is 25.7 Å². The summed E-state index contributed by atoms with van der Waals surface area (Å²) in [4.78, 5) is 22.3. The molecule has 1 N–H and O–H groups in total. The number of hydrogen-bond acceptors (Lipinski definition) is 5. The van der Waals surface area contributed by atoms with E-state index in [1.165, 1.54) is 0 Å². The molecule has 0 bridgehead atoms. The first-order chi connectivity index (χ1) is 15.5. The lowest BCUT2D eigenvalue weighted by atomic mass is 10.1. The minimum absolute atomic E-state index is 0.272. The van der Waals surface area contributed by atoms with Crippen molar-refractivity contribution in [1.82, 2.24) is 9.97 Å². The van der Waals surface area contributed by atoms with E-state index in [1.807, 2.05) is 62.4 Å². The van der Waals surface area contributed by atoms with Crippen molar-refractivity contribution in [3.05, 3.63) is 99.7 Å². The molecule has 2 aromatic carbocycles. The predicted octanol–water partition coefficient (Wildman–Crippen LogP) is 6.21. The summed E-state index contributed by atoms with van der Waals surface area (Å²) in [5.41, 5.74) is 5.24. The van der Waals surface area contributed by atoms with Crippen LogP contribution in [0.5, 0.6) is 0 Å². The molecule has 2 heterocycles. The van der Waals surface area contributed by atoms with Crippen molar-refractivity contribution in [1.29, 1.82) is 0 Å². The lowest BCUT2D eigenvalue weighted by Crippen LogP contribution is -1.95. The van der Waals surface area contributed by atoms with Crippen molar-refractivity contribution in [2.75, 3.05) is 0 Å². The van der Waals surface area contributed by atoms with Crippen LogP contribution in [0.25, 0.3) is 10.4 Å². The van der Waals surface area contributed by atoms with Crippen molar-refractivity contribution in [2.45, 2.75) is 24.8 Å². The summed E-state index contributed by atoms with van der Waals surface area (Å²) in [5.74, 6) is 6.25. The molecule has 0 saturated carbocycles. The summed E-state index contributed by atoms with van der Waals surface area (Å²) in [5, 5.41) is 9.95. The summed E-state index contributed by atoms with van der Waals surface area (Å²) < 4.78 is 0. The van der Waals surface area contributed by atoms with Gasteiger partial charge in [0.25, 0.3) is 0 Å². The Bertz CT molecular complexity index is 1300. The van der Waals surface area contributed by atoms with Crippen LogP contribution in [0.15, 0.2) is 71.9 Å². The summed E-state index contributed by atoms with van der Waals surface area (Å²) in [6.07, 6.45) is 0. The minimum Gasteiger partial charge on any atom is -0.478 e. The number of thiophene rings is 1. The van der Waals surface area contributed by atoms with Gasteiger partial charge in [0.1, 0.15) is 0 Å². The van der Waals surface area contributed by atoms with E-state index in [9.17, 15) is 9.90 Å². The van der Waals surface area contributed by atoms with Crippen molar-refractivity contribution < 1.29 is 9.90 Å². The fourth-order valence-corrected chi connectivity index (χ4v) is 5.22. The summed E-state index contributed by atoms with van der Waals surface area (Å²) in [7, 11) is 0. The van der Waals surface area contributed by atoms with Crippen molar-refractivity contribution in [3.63, 3.8) is 0 Å². The number of carboxylic acid groups (broad SMARTS) is 1. The van der Waals surface area contributed by atoms with Crippen LogP contribution in [0.3, 0.4) is 0 Å². The number of carbonyl (C=O) groups is 1. The normalized spacial score (nSPS) is 10.4. The zero-order chi connectivity index (χ0) is 22.5. The molecule has 0 amide bonds. The van der Waals surface area contributed by atoms with Crippen LogP contribution in [0.1, 0.15) is 37.7 Å². The van der Waals surface area contributed by atoms with Gasteiger partial charge >= 0.3 is 5.97 Å². The third kappa shape index (κ3) is 5.44. The Morgan fingerprint density at radius 2 is 1.66 bits per heavy atom. The standard InChI is InChI=1S/C26H20N2O2S2/c1-17-14-18(2)28-26(27-17)31-16-22-15-23(13-8-19-6-4-3-5-7-19)32-24(22)20-9-11-21(12-10-20)25(29)30/h3-7,9-12,14-15H,16H2,1-2H3,(H,29,30). The van der Waals surface area contributed by atoms with Crippen molar-refractivity contribution in [3.8, 4) is 22.3 Å². The minimum atomic E-state index is -0.931. The van der Waals surface area contributed by atoms with E-state index in [-0.39, 0.29) is 5.56 Å². The molecule has 4 nitrogen and oxygen atoms in total. The highest BCUT2D eigenvalue weighted by Crippen LogP contribution is 2.36. The van der Waals surface area contributed by atoms with Gasteiger partial charge in [-0.1, -0.05) is 53.9 Å². The van der Waals surface area contributed by atoms with Gasteiger partial charge in [0.15, 0.2) is 5.16 Å². The number of hydrogen-bond donors (Lipinski definition) is 1. The molecule has 0 aliphatic heterocycles. The average molecular weight is 457 g/mol. The molecule has 6 heteroatoms. The Balaban J connectivity index is 1.66. The van der Waals surface area contributed by atoms with Gasteiger partial charge in [-0.2, -0.15) is 0 Å². The largest absolute Gasteiger partial charge is 0.478 e. The molecule has 0 aliphatic carbocycles. The van der Waals surface area contributed by atoms with Crippen LogP contribution < -0.4 is 0 Å². The Kier molecular flexibility index (Phi) is 6.69. The molecule has 2 aromatic heterocycles. The first-order valence-electron chi connectivity index (χ1n) is 9.96. The highest BCUT2D eigenvalue weighted by atomic mass is 32.2. The van der Waals surface area contributed by atoms with E-state index in [0.717, 1.165) is 43.0 Å². The van der Waals surface area contributed by atoms with Crippen LogP contribution in [0.4, 0.5) is 0 Å². The molecule has 0 atom stereocenters. The number of benzene rings is 2. The second-order valence-corrected chi connectivity index (χ2v) is 9.18. The van der Waals surface area contributed by atoms with Gasteiger partial charge < -0.3 is 5.11 Å². The highest BCUT2D eigenvalue weighted by molar-refractivity contribution is 7.98. The molecule has 32 heavy (non-hydrogen) atoms. The van der Waals surface area contributed by atoms with Crippen LogP contribution in [-0.4, -0.2) is 21.0 Å². The molecule has 0 saturated heterocycles. The molecule has 4 aromatic rings. The van der Waals surface area contributed by atoms with Gasteiger partial charge in [-0.15, -0.1) is 11.3 Å². The molecular weight excluding hydrogens is 436 g/mol. The average Bonchev–Trinajstić information content (AvgIpc) is 3.19. The predicted molar refractivity (Wildman–Crippen MR) is 130 cm³/mol. The van der Waals surface area contributed by atoms with E-state index < -0.39 is 5.97 Å². The maximum absolute atomic E-state index is 11.2. The zero-order valence-electron chi connectivity index (χ0n) is 17.6. The van der Waals surface area contributed by atoms with Crippen LogP contribution in [-0.2, 0) is 5.75 Å². The summed E-state index contributed by atoms with van der Waals surface area (Å²) >= 11 is 3.20. The summed E-state index contributed by atoms with van der Waals surface area (Å²) in [6.45, 7) is 3.94. The lowest BCUT2D eigenvalue weighted by molar-refractivity contribution is 0.0697. The Morgan fingerprint density at radius 3 is 2.31 bits per heavy atom. The van der Waals surface area contributed by atoms with Crippen LogP contribution in [0.2, 0.25) is 0 Å². The van der Waals surface area contributed by atoms with Crippen molar-refractivity contribution in [2.24, 2.45) is 0 Å². The SMILES string of the molecule is Cc1cc(C)nc(SCc2cc(C#Cc3ccccc3)sc2-c2ccc(C(=O)O)cc2)n1. The number of aryl methyl sites for hydroxylation is 2. The highest BCUT2D eigenvalue weighted by Gasteiger charge is 2.13. The maximum Gasteiger partial charge on any atom is 0.335 e. The molecule has 0 unspecified atom stereocenters. The topological polar surface area (TPSA) is 63.1 Å². The third-order valence-corrected chi connectivity index (χ3v) is 6.66. The second-order valence-electron chi connectivity index (χ2n) is 7.19. The van der Waals surface area contributed by atoms with Gasteiger partial charge in [0, 0.05) is 27.6 Å². The van der Waals surface area contributed by atoms with Gasteiger partial charge in [0.05, 0.1) is 10.4 Å². The van der Waals surface area contributed by atoms with E-state index in [4.69, 9.17) is 0 Å². The second kappa shape index (κ2) is 9.82. The van der Waals surface area contributed by atoms with Gasteiger partial charge in [-0.25, -0.2) is 14.8 Å². The smallest absolute Gasteiger partial charge is 0.335 e. The number of aromatic nitrogens is 2. The number of carboxylic acids is 1. The lowest BCUT2D eigenvalue weighted by Gasteiger charge is -2.05. The first kappa shape index (κ1) is 21.8. The van der Waals surface area contributed by atoms with Gasteiger partial charge in [0.2, 0.25) is 0 Å². The molecule has 158 valence electrons. The third-order valence-electron chi connectivity index (χ3n) is 4.63. The Labute approximate surface area is 195 Å². The quantitative estimate of drug-likeness (QED) is 0.220. The van der Waals surface area contributed by atoms with E-state index in [1.54, 1.807) is 35.2 Å². The molecule has 4 rings (SSSR count). The molecular formula is C26H20N2O2S2. The molecule has 0 fully saturated rings. The fourth-order valence-electron chi connectivity index (χ4n) is 3.16. The molecule has 0 spiro atoms. The Hall–Kier alpha value is -3.40. The molecule has 0 radical (unpaired) electrons. The monoisotopic (exact) mass is 456 g/mol. The van der Waals surface area contributed by atoms with Crippen molar-refractivity contribution >= 4 is 29.1 Å². The van der Waals surface area contributed by atoms with Gasteiger partial charge in [-0.3, -0.25) is 0 Å². The Morgan fingerprint density at radius 1 is 0.969 bits per heavy atom. The van der Waals surface area contributed by atoms with Crippen LogP contribution >= 0.6 is 23.1 Å². The maximum atomic E-state index is 11.2. The molecule has 0 aliphatic rings. The number of nitrogens with zero attached hydrogens (tertiary/aromatic N) is 2. The van der Waals surface area contributed by atoms with E-state index in [2.05, 4.69) is 27.9 Å². The number of aromatic carboxylic acids is 1. The summed E-state index contributed by atoms with van der Waals surface area (Å²) in [6, 6.07) is 20.9. The zero-order valence-corrected chi connectivity index (χ0v) is 19.3. The fraction of sp³-hybridized carbons (Fsp3) is 0.115. The van der Waals surface area contributed by atoms with E-state index in [0.29, 0.717) is 5.75 Å². The van der Waals surface area contributed by atoms with E-state index >= 15 is 0 Å². The first-order valence-corrected chi connectivity index (χ1v) is 11.8. The number of thioether (sulfide) groups is 1. The van der Waals surface area contributed by atoms with Gasteiger partial charge in [-0.05, 0) is 61.4 Å². The number of rotatable bonds is 5.